The number of nitrogen functional groups attached to an aromatic ring is 1. The van der Waals surface area contributed by atoms with Crippen LogP contribution in [0.5, 0.6) is 0 Å². The van der Waals surface area contributed by atoms with Crippen LogP contribution in [0.2, 0.25) is 0 Å². The molecule has 0 saturated heterocycles. The van der Waals surface area contributed by atoms with Crippen LogP contribution in [-0.2, 0) is 7.05 Å². The van der Waals surface area contributed by atoms with Crippen LogP contribution >= 0.6 is 0 Å². The van der Waals surface area contributed by atoms with Gasteiger partial charge in [-0.3, -0.25) is 9.48 Å². The molecule has 0 aliphatic rings. The third kappa shape index (κ3) is 3.22. The summed E-state index contributed by atoms with van der Waals surface area (Å²) in [7, 11) is 1.74. The highest BCUT2D eigenvalue weighted by Gasteiger charge is 2.24. The molecule has 0 unspecified atom stereocenters. The van der Waals surface area contributed by atoms with Crippen LogP contribution in [0.1, 0.15) is 38.2 Å². The highest BCUT2D eigenvalue weighted by atomic mass is 16.2. The SMILES string of the molecule is CC(C)C(C)(C)CNC(=O)c1nn(C)cc1N. The normalized spacial score (nSPS) is 11.9. The minimum atomic E-state index is -0.211. The van der Waals surface area contributed by atoms with E-state index in [-0.39, 0.29) is 11.3 Å². The molecule has 1 aromatic rings. The van der Waals surface area contributed by atoms with Crippen molar-refractivity contribution >= 4 is 11.6 Å². The Labute approximate surface area is 102 Å². The molecule has 1 heterocycles. The first kappa shape index (κ1) is 13.5. The molecule has 0 atom stereocenters. The predicted octanol–water partition coefficient (Wildman–Crippen LogP) is 1.41. The second-order valence-corrected chi connectivity index (χ2v) is 5.43. The summed E-state index contributed by atoms with van der Waals surface area (Å²) in [6.07, 6.45) is 1.63. The Balaban J connectivity index is 2.65. The summed E-state index contributed by atoms with van der Waals surface area (Å²) in [4.78, 5) is 11.9. The van der Waals surface area contributed by atoms with Crippen LogP contribution in [0, 0.1) is 11.3 Å². The van der Waals surface area contributed by atoms with Gasteiger partial charge >= 0.3 is 0 Å². The number of hydrogen-bond donors (Lipinski definition) is 2. The average molecular weight is 238 g/mol. The highest BCUT2D eigenvalue weighted by Crippen LogP contribution is 2.24. The second kappa shape index (κ2) is 4.77. The number of hydrogen-bond acceptors (Lipinski definition) is 3. The smallest absolute Gasteiger partial charge is 0.273 e. The van der Waals surface area contributed by atoms with Crippen molar-refractivity contribution in [2.75, 3.05) is 12.3 Å². The molecule has 0 fully saturated rings. The molecule has 17 heavy (non-hydrogen) atoms. The standard InChI is InChI=1S/C12H22N4O/c1-8(2)12(3,4)7-14-11(17)10-9(13)6-16(5)15-10/h6,8H,7,13H2,1-5H3,(H,14,17). The maximum Gasteiger partial charge on any atom is 0.273 e. The topological polar surface area (TPSA) is 72.9 Å². The van der Waals surface area contributed by atoms with Crippen molar-refractivity contribution in [2.45, 2.75) is 27.7 Å². The van der Waals surface area contributed by atoms with E-state index in [0.29, 0.717) is 23.8 Å². The molecule has 1 amide bonds. The first-order valence-electron chi connectivity index (χ1n) is 5.81. The first-order chi connectivity index (χ1) is 7.74. The van der Waals surface area contributed by atoms with E-state index in [1.165, 1.54) is 4.68 Å². The summed E-state index contributed by atoms with van der Waals surface area (Å²) in [5.41, 5.74) is 6.46. The zero-order chi connectivity index (χ0) is 13.2. The van der Waals surface area contributed by atoms with Crippen LogP contribution in [0.25, 0.3) is 0 Å². The van der Waals surface area contributed by atoms with Crippen LogP contribution in [0.15, 0.2) is 6.20 Å². The maximum atomic E-state index is 11.9. The predicted molar refractivity (Wildman–Crippen MR) is 68.6 cm³/mol. The zero-order valence-electron chi connectivity index (χ0n) is 11.2. The number of aryl methyl sites for hydroxylation is 1. The third-order valence-electron chi connectivity index (χ3n) is 3.34. The summed E-state index contributed by atoms with van der Waals surface area (Å²) in [5, 5.41) is 6.92. The van der Waals surface area contributed by atoms with E-state index in [9.17, 15) is 4.79 Å². The fourth-order valence-corrected chi connectivity index (χ4v) is 1.28. The minimum Gasteiger partial charge on any atom is -0.396 e. The molecular weight excluding hydrogens is 216 g/mol. The Morgan fingerprint density at radius 2 is 2.18 bits per heavy atom. The van der Waals surface area contributed by atoms with Crippen molar-refractivity contribution in [3.8, 4) is 0 Å². The first-order valence-corrected chi connectivity index (χ1v) is 5.81. The van der Waals surface area contributed by atoms with Gasteiger partial charge in [-0.25, -0.2) is 0 Å². The molecule has 0 aromatic carbocycles. The van der Waals surface area contributed by atoms with Gasteiger partial charge in [0.05, 0.1) is 5.69 Å². The van der Waals surface area contributed by atoms with Gasteiger partial charge < -0.3 is 11.1 Å². The molecule has 96 valence electrons. The Morgan fingerprint density at radius 1 is 1.59 bits per heavy atom. The number of amides is 1. The summed E-state index contributed by atoms with van der Waals surface area (Å²) in [6.45, 7) is 9.14. The van der Waals surface area contributed by atoms with Crippen molar-refractivity contribution in [1.82, 2.24) is 15.1 Å². The fraction of sp³-hybridized carbons (Fsp3) is 0.667. The molecule has 0 spiro atoms. The van der Waals surface area contributed by atoms with Gasteiger partial charge in [0, 0.05) is 19.8 Å². The van der Waals surface area contributed by atoms with Crippen LogP contribution in [0.4, 0.5) is 5.69 Å². The van der Waals surface area contributed by atoms with Crippen molar-refractivity contribution in [3.05, 3.63) is 11.9 Å². The van der Waals surface area contributed by atoms with Gasteiger partial charge in [-0.15, -0.1) is 0 Å². The lowest BCUT2D eigenvalue weighted by atomic mass is 9.81. The lowest BCUT2D eigenvalue weighted by Gasteiger charge is -2.29. The van der Waals surface area contributed by atoms with Gasteiger partial charge in [-0.2, -0.15) is 5.10 Å². The van der Waals surface area contributed by atoms with Crippen LogP contribution in [-0.4, -0.2) is 22.2 Å². The summed E-state index contributed by atoms with van der Waals surface area (Å²) < 4.78 is 1.54. The second-order valence-electron chi connectivity index (χ2n) is 5.43. The lowest BCUT2D eigenvalue weighted by Crippen LogP contribution is -2.37. The number of anilines is 1. The van der Waals surface area contributed by atoms with Gasteiger partial charge in [-0.1, -0.05) is 27.7 Å². The number of nitrogens with zero attached hydrogens (tertiary/aromatic N) is 2. The van der Waals surface area contributed by atoms with Crippen molar-refractivity contribution in [2.24, 2.45) is 18.4 Å². The molecule has 3 N–H and O–H groups in total. The van der Waals surface area contributed by atoms with E-state index in [1.807, 2.05) is 0 Å². The molecule has 0 bridgehead atoms. The molecule has 1 aromatic heterocycles. The molecule has 0 radical (unpaired) electrons. The van der Waals surface area contributed by atoms with Crippen LogP contribution in [0.3, 0.4) is 0 Å². The van der Waals surface area contributed by atoms with Gasteiger partial charge in [0.15, 0.2) is 5.69 Å². The number of aromatic nitrogens is 2. The van der Waals surface area contributed by atoms with E-state index in [1.54, 1.807) is 13.2 Å². The molecule has 1 rings (SSSR count). The van der Waals surface area contributed by atoms with E-state index in [0.717, 1.165) is 0 Å². The van der Waals surface area contributed by atoms with E-state index in [2.05, 4.69) is 38.1 Å². The summed E-state index contributed by atoms with van der Waals surface area (Å²) in [5.74, 6) is 0.278. The van der Waals surface area contributed by atoms with Crippen molar-refractivity contribution in [1.29, 1.82) is 0 Å². The van der Waals surface area contributed by atoms with Crippen LogP contribution < -0.4 is 11.1 Å². The molecule has 5 heteroatoms. The summed E-state index contributed by atoms with van der Waals surface area (Å²) in [6, 6.07) is 0. The molecule has 0 aliphatic heterocycles. The molecular formula is C12H22N4O. The number of carbonyl (C=O) groups excluding carboxylic acids is 1. The van der Waals surface area contributed by atoms with Gasteiger partial charge in [0.2, 0.25) is 0 Å². The van der Waals surface area contributed by atoms with Crippen molar-refractivity contribution < 1.29 is 4.79 Å². The number of nitrogens with two attached hydrogens (primary N) is 1. The molecule has 0 saturated carbocycles. The monoisotopic (exact) mass is 238 g/mol. The van der Waals surface area contributed by atoms with E-state index >= 15 is 0 Å². The largest absolute Gasteiger partial charge is 0.396 e. The Morgan fingerprint density at radius 3 is 2.59 bits per heavy atom. The molecule has 0 aliphatic carbocycles. The van der Waals surface area contributed by atoms with Gasteiger partial charge in [0.25, 0.3) is 5.91 Å². The fourth-order valence-electron chi connectivity index (χ4n) is 1.28. The van der Waals surface area contributed by atoms with Gasteiger partial charge in [-0.05, 0) is 11.3 Å². The minimum absolute atomic E-state index is 0.0548. The molecule has 5 nitrogen and oxygen atoms in total. The maximum absolute atomic E-state index is 11.9. The number of carbonyl (C=O) groups is 1. The Hall–Kier alpha value is -1.52. The third-order valence-corrected chi connectivity index (χ3v) is 3.34. The Kier molecular flexibility index (Phi) is 3.80. The zero-order valence-corrected chi connectivity index (χ0v) is 11.2. The van der Waals surface area contributed by atoms with E-state index in [4.69, 9.17) is 5.73 Å². The lowest BCUT2D eigenvalue weighted by molar-refractivity contribution is 0.0920. The van der Waals surface area contributed by atoms with Gasteiger partial charge in [0.1, 0.15) is 0 Å². The van der Waals surface area contributed by atoms with Crippen molar-refractivity contribution in [3.63, 3.8) is 0 Å². The number of rotatable bonds is 4. The number of nitrogens with one attached hydrogen (secondary N) is 1. The average Bonchev–Trinajstić information content (AvgIpc) is 2.54. The quantitative estimate of drug-likeness (QED) is 0.833. The Bertz CT molecular complexity index is 407. The summed E-state index contributed by atoms with van der Waals surface area (Å²) >= 11 is 0. The highest BCUT2D eigenvalue weighted by molar-refractivity contribution is 5.96. The van der Waals surface area contributed by atoms with E-state index < -0.39 is 0 Å².